The van der Waals surface area contributed by atoms with E-state index in [1.54, 1.807) is 6.20 Å². The minimum absolute atomic E-state index is 0.578. The van der Waals surface area contributed by atoms with E-state index in [-0.39, 0.29) is 0 Å². The summed E-state index contributed by atoms with van der Waals surface area (Å²) in [5.74, 6) is 1.80. The molecule has 3 heterocycles. The Morgan fingerprint density at radius 3 is 1.58 bits per heavy atom. The standard InChI is InChI=1S/C45H30N4O/c1-29-10-8-9-15-37(29)32-20-22-35(23-21-32)44-47-43(34-13-6-3-7-14-34)48-45(49-44)36-24-25-38-40(26-36)50-41-28-46-27-39(42(38)41)33-18-16-31(17-19-33)30-11-4-2-5-12-30/h2-28H,1H3. The van der Waals surface area contributed by atoms with E-state index in [0.717, 1.165) is 55.3 Å². The van der Waals surface area contributed by atoms with Crippen LogP contribution in [0.4, 0.5) is 0 Å². The Balaban J connectivity index is 1.12. The Morgan fingerprint density at radius 2 is 0.900 bits per heavy atom. The zero-order chi connectivity index (χ0) is 33.4. The summed E-state index contributed by atoms with van der Waals surface area (Å²) in [6, 6.07) is 52.1. The fourth-order valence-electron chi connectivity index (χ4n) is 6.61. The van der Waals surface area contributed by atoms with Crippen molar-refractivity contribution in [1.29, 1.82) is 0 Å². The van der Waals surface area contributed by atoms with Crippen molar-refractivity contribution in [3.8, 4) is 67.5 Å². The maximum absolute atomic E-state index is 6.43. The average molecular weight is 643 g/mol. The van der Waals surface area contributed by atoms with Gasteiger partial charge in [0.25, 0.3) is 0 Å². The number of aryl methyl sites for hydroxylation is 1. The molecule has 0 amide bonds. The molecule has 0 saturated heterocycles. The van der Waals surface area contributed by atoms with Crippen molar-refractivity contribution in [3.05, 3.63) is 170 Å². The maximum atomic E-state index is 6.43. The molecule has 0 radical (unpaired) electrons. The summed E-state index contributed by atoms with van der Waals surface area (Å²) in [5.41, 5.74) is 12.2. The lowest BCUT2D eigenvalue weighted by Crippen LogP contribution is -2.00. The van der Waals surface area contributed by atoms with Crippen molar-refractivity contribution in [2.24, 2.45) is 0 Å². The van der Waals surface area contributed by atoms with E-state index in [2.05, 4.69) is 121 Å². The molecule has 9 rings (SSSR count). The van der Waals surface area contributed by atoms with E-state index in [1.807, 2.05) is 48.7 Å². The van der Waals surface area contributed by atoms with Gasteiger partial charge >= 0.3 is 0 Å². The Morgan fingerprint density at radius 1 is 0.400 bits per heavy atom. The molecule has 0 fully saturated rings. The van der Waals surface area contributed by atoms with Gasteiger partial charge in [-0.1, -0.05) is 140 Å². The van der Waals surface area contributed by atoms with Gasteiger partial charge < -0.3 is 4.42 Å². The second-order valence-corrected chi connectivity index (χ2v) is 12.4. The maximum Gasteiger partial charge on any atom is 0.164 e. The van der Waals surface area contributed by atoms with Crippen molar-refractivity contribution in [2.45, 2.75) is 6.92 Å². The Bertz CT molecular complexity index is 2630. The SMILES string of the molecule is Cc1ccccc1-c1ccc(-c2nc(-c3ccccc3)nc(-c3ccc4c(c3)oc3cncc(-c5ccc(-c6ccccc6)cc5)c34)n2)cc1. The van der Waals surface area contributed by atoms with Crippen LogP contribution in [0.5, 0.6) is 0 Å². The van der Waals surface area contributed by atoms with Crippen LogP contribution in [0.1, 0.15) is 5.56 Å². The molecule has 3 aromatic heterocycles. The van der Waals surface area contributed by atoms with E-state index in [9.17, 15) is 0 Å². The van der Waals surface area contributed by atoms with Gasteiger partial charge in [-0.15, -0.1) is 0 Å². The monoisotopic (exact) mass is 642 g/mol. The first kappa shape index (κ1) is 29.4. The topological polar surface area (TPSA) is 64.7 Å². The largest absolute Gasteiger partial charge is 0.454 e. The van der Waals surface area contributed by atoms with Crippen molar-refractivity contribution < 1.29 is 4.42 Å². The molecule has 0 aliphatic carbocycles. The molecule has 0 unspecified atom stereocenters. The van der Waals surface area contributed by atoms with Crippen molar-refractivity contribution in [1.82, 2.24) is 19.9 Å². The molecule has 0 spiro atoms. The molecule has 236 valence electrons. The van der Waals surface area contributed by atoms with Gasteiger partial charge in [0.2, 0.25) is 0 Å². The Hall–Kier alpha value is -6.72. The molecule has 5 nitrogen and oxygen atoms in total. The summed E-state index contributed by atoms with van der Waals surface area (Å²) in [4.78, 5) is 19.4. The first-order chi connectivity index (χ1) is 24.7. The molecule has 0 bridgehead atoms. The number of furan rings is 1. The van der Waals surface area contributed by atoms with Crippen LogP contribution in [-0.4, -0.2) is 19.9 Å². The Labute approximate surface area is 289 Å². The summed E-state index contributed by atoms with van der Waals surface area (Å²) in [7, 11) is 0. The van der Waals surface area contributed by atoms with E-state index in [4.69, 9.17) is 19.4 Å². The molecule has 9 aromatic rings. The third kappa shape index (κ3) is 5.41. The molecule has 0 saturated carbocycles. The van der Waals surface area contributed by atoms with E-state index >= 15 is 0 Å². The molecule has 5 heteroatoms. The number of rotatable bonds is 6. The third-order valence-corrected chi connectivity index (χ3v) is 9.21. The van der Waals surface area contributed by atoms with Gasteiger partial charge in [-0.3, -0.25) is 4.98 Å². The molecule has 6 aromatic carbocycles. The summed E-state index contributed by atoms with van der Waals surface area (Å²) >= 11 is 0. The van der Waals surface area contributed by atoms with E-state index < -0.39 is 0 Å². The molecular weight excluding hydrogens is 613 g/mol. The van der Waals surface area contributed by atoms with Crippen molar-refractivity contribution >= 4 is 21.9 Å². The summed E-state index contributed by atoms with van der Waals surface area (Å²) in [6.45, 7) is 2.13. The molecular formula is C45H30N4O. The minimum Gasteiger partial charge on any atom is -0.454 e. The highest BCUT2D eigenvalue weighted by Crippen LogP contribution is 2.38. The normalized spacial score (nSPS) is 11.3. The lowest BCUT2D eigenvalue weighted by Gasteiger charge is -2.10. The number of nitrogens with zero attached hydrogens (tertiary/aromatic N) is 4. The molecule has 0 aliphatic heterocycles. The highest BCUT2D eigenvalue weighted by atomic mass is 16.3. The van der Waals surface area contributed by atoms with Gasteiger partial charge in [0, 0.05) is 39.2 Å². The lowest BCUT2D eigenvalue weighted by atomic mass is 9.98. The second kappa shape index (κ2) is 12.4. The summed E-state index contributed by atoms with van der Waals surface area (Å²) < 4.78 is 6.43. The summed E-state index contributed by atoms with van der Waals surface area (Å²) in [6.07, 6.45) is 3.70. The van der Waals surface area contributed by atoms with Crippen molar-refractivity contribution in [3.63, 3.8) is 0 Å². The van der Waals surface area contributed by atoms with Gasteiger partial charge in [-0.25, -0.2) is 15.0 Å². The number of aromatic nitrogens is 4. The fourth-order valence-corrected chi connectivity index (χ4v) is 6.61. The number of benzene rings is 6. The predicted octanol–water partition coefficient (Wildman–Crippen LogP) is 11.5. The van der Waals surface area contributed by atoms with Gasteiger partial charge in [-0.05, 0) is 52.4 Å². The zero-order valence-corrected chi connectivity index (χ0v) is 27.3. The van der Waals surface area contributed by atoms with Crippen LogP contribution < -0.4 is 0 Å². The van der Waals surface area contributed by atoms with Crippen LogP contribution in [0.3, 0.4) is 0 Å². The van der Waals surface area contributed by atoms with Gasteiger partial charge in [0.05, 0.1) is 6.20 Å². The highest BCUT2D eigenvalue weighted by molar-refractivity contribution is 6.12. The van der Waals surface area contributed by atoms with Crippen LogP contribution in [0.2, 0.25) is 0 Å². The fraction of sp³-hybridized carbons (Fsp3) is 0.0222. The smallest absolute Gasteiger partial charge is 0.164 e. The average Bonchev–Trinajstić information content (AvgIpc) is 3.57. The van der Waals surface area contributed by atoms with Gasteiger partial charge in [-0.2, -0.15) is 0 Å². The molecule has 0 N–H and O–H groups in total. The van der Waals surface area contributed by atoms with Crippen molar-refractivity contribution in [2.75, 3.05) is 0 Å². The van der Waals surface area contributed by atoms with E-state index in [1.165, 1.54) is 22.3 Å². The number of hydrogen-bond acceptors (Lipinski definition) is 5. The van der Waals surface area contributed by atoms with Crippen LogP contribution in [0, 0.1) is 6.92 Å². The number of pyridine rings is 1. The van der Waals surface area contributed by atoms with E-state index in [0.29, 0.717) is 17.5 Å². The first-order valence-corrected chi connectivity index (χ1v) is 16.6. The molecule has 0 aliphatic rings. The molecule has 0 atom stereocenters. The first-order valence-electron chi connectivity index (χ1n) is 16.6. The number of hydrogen-bond donors (Lipinski definition) is 0. The highest BCUT2D eigenvalue weighted by Gasteiger charge is 2.17. The minimum atomic E-state index is 0.578. The Kier molecular flexibility index (Phi) is 7.29. The second-order valence-electron chi connectivity index (χ2n) is 12.4. The predicted molar refractivity (Wildman–Crippen MR) is 202 cm³/mol. The van der Waals surface area contributed by atoms with Crippen LogP contribution in [0.15, 0.2) is 168 Å². The quantitative estimate of drug-likeness (QED) is 0.181. The van der Waals surface area contributed by atoms with Gasteiger partial charge in [0.1, 0.15) is 5.58 Å². The zero-order valence-electron chi connectivity index (χ0n) is 27.3. The van der Waals surface area contributed by atoms with Crippen LogP contribution in [-0.2, 0) is 0 Å². The van der Waals surface area contributed by atoms with Crippen LogP contribution in [0.25, 0.3) is 89.5 Å². The lowest BCUT2D eigenvalue weighted by molar-refractivity contribution is 0.667. The van der Waals surface area contributed by atoms with Crippen LogP contribution >= 0.6 is 0 Å². The third-order valence-electron chi connectivity index (χ3n) is 9.21. The number of fused-ring (bicyclic) bond motifs is 3. The molecule has 50 heavy (non-hydrogen) atoms. The van der Waals surface area contributed by atoms with Gasteiger partial charge in [0.15, 0.2) is 23.1 Å². The summed E-state index contributed by atoms with van der Waals surface area (Å²) in [5, 5.41) is 2.04.